The summed E-state index contributed by atoms with van der Waals surface area (Å²) < 4.78 is 5.90. The molecule has 2 aromatic rings. The van der Waals surface area contributed by atoms with Gasteiger partial charge in [-0.1, -0.05) is 29.8 Å². The molecule has 1 atom stereocenters. The van der Waals surface area contributed by atoms with Gasteiger partial charge in [0, 0.05) is 5.56 Å². The summed E-state index contributed by atoms with van der Waals surface area (Å²) in [6, 6.07) is 10.3. The van der Waals surface area contributed by atoms with E-state index in [9.17, 15) is 0 Å². The van der Waals surface area contributed by atoms with Gasteiger partial charge in [-0.25, -0.2) is 0 Å². The maximum atomic E-state index is 6.35. The monoisotopic (exact) mass is 298 g/mol. The number of hydrogen-bond acceptors (Lipinski definition) is 1. The van der Waals surface area contributed by atoms with Gasteiger partial charge in [-0.2, -0.15) is 0 Å². The van der Waals surface area contributed by atoms with Gasteiger partial charge < -0.3 is 4.42 Å². The largest absolute Gasteiger partial charge is 0.457 e. The highest BCUT2D eigenvalue weighted by Gasteiger charge is 2.14. The van der Waals surface area contributed by atoms with E-state index in [1.54, 1.807) is 6.26 Å². The van der Waals surface area contributed by atoms with Crippen molar-refractivity contribution in [2.75, 3.05) is 0 Å². The van der Waals surface area contributed by atoms with Crippen molar-refractivity contribution >= 4 is 27.5 Å². The number of rotatable bonds is 3. The first kappa shape index (κ1) is 11.7. The molecule has 0 spiro atoms. The first-order valence-electron chi connectivity index (χ1n) is 5.09. The molecule has 1 heterocycles. The normalized spacial score (nSPS) is 12.7. The van der Waals surface area contributed by atoms with Crippen LogP contribution < -0.4 is 0 Å². The van der Waals surface area contributed by atoms with Crippen LogP contribution in [0.4, 0.5) is 0 Å². The van der Waals surface area contributed by atoms with Crippen LogP contribution in [-0.2, 0) is 6.42 Å². The molecule has 2 rings (SSSR count). The van der Waals surface area contributed by atoms with Gasteiger partial charge in [-0.15, -0.1) is 11.6 Å². The Morgan fingerprint density at radius 3 is 2.81 bits per heavy atom. The molecule has 0 aliphatic rings. The Bertz CT molecular complexity index is 478. The molecule has 84 valence electrons. The summed E-state index contributed by atoms with van der Waals surface area (Å²) in [4.78, 5) is 0. The fourth-order valence-electron chi connectivity index (χ4n) is 1.68. The van der Waals surface area contributed by atoms with Gasteiger partial charge in [0.15, 0.2) is 4.67 Å². The van der Waals surface area contributed by atoms with Gasteiger partial charge in [-0.05, 0) is 40.9 Å². The minimum absolute atomic E-state index is 0.0603. The molecule has 0 aliphatic carbocycles. The van der Waals surface area contributed by atoms with Crippen molar-refractivity contribution in [3.63, 3.8) is 0 Å². The highest BCUT2D eigenvalue weighted by atomic mass is 79.9. The van der Waals surface area contributed by atoms with Gasteiger partial charge in [0.1, 0.15) is 0 Å². The molecule has 0 amide bonds. The zero-order chi connectivity index (χ0) is 11.5. The van der Waals surface area contributed by atoms with E-state index in [2.05, 4.69) is 47.1 Å². The lowest BCUT2D eigenvalue weighted by Gasteiger charge is -2.08. The molecule has 1 nitrogen and oxygen atoms in total. The van der Waals surface area contributed by atoms with Gasteiger partial charge >= 0.3 is 0 Å². The van der Waals surface area contributed by atoms with Crippen LogP contribution in [0.5, 0.6) is 0 Å². The molecule has 1 unspecified atom stereocenters. The second-order valence-electron chi connectivity index (χ2n) is 3.81. The summed E-state index contributed by atoms with van der Waals surface area (Å²) in [5, 5.41) is -0.0603. The average molecular weight is 300 g/mol. The van der Waals surface area contributed by atoms with Gasteiger partial charge in [0.25, 0.3) is 0 Å². The first-order chi connectivity index (χ1) is 7.66. The van der Waals surface area contributed by atoms with Crippen molar-refractivity contribution in [3.8, 4) is 0 Å². The Kier molecular flexibility index (Phi) is 3.72. The fraction of sp³-hybridized carbons (Fsp3) is 0.231. The van der Waals surface area contributed by atoms with Crippen LogP contribution >= 0.6 is 27.5 Å². The Labute approximate surface area is 109 Å². The Balaban J connectivity index is 2.14. The van der Waals surface area contributed by atoms with Crippen molar-refractivity contribution < 1.29 is 4.42 Å². The third-order valence-electron chi connectivity index (χ3n) is 2.48. The third-order valence-corrected chi connectivity index (χ3v) is 3.52. The minimum Gasteiger partial charge on any atom is -0.457 e. The molecule has 0 saturated carbocycles. The van der Waals surface area contributed by atoms with Crippen LogP contribution in [-0.4, -0.2) is 0 Å². The molecule has 0 aliphatic heterocycles. The zero-order valence-corrected chi connectivity index (χ0v) is 11.3. The molecule has 1 aromatic heterocycles. The van der Waals surface area contributed by atoms with Crippen molar-refractivity contribution in [3.05, 3.63) is 58.0 Å². The van der Waals surface area contributed by atoms with Crippen molar-refractivity contribution in [2.24, 2.45) is 0 Å². The van der Waals surface area contributed by atoms with Crippen LogP contribution in [0.1, 0.15) is 22.1 Å². The fourth-order valence-corrected chi connectivity index (χ4v) is 2.68. The highest BCUT2D eigenvalue weighted by molar-refractivity contribution is 9.10. The number of hydrogen-bond donors (Lipinski definition) is 0. The summed E-state index contributed by atoms with van der Waals surface area (Å²) in [6.45, 7) is 2.08. The SMILES string of the molecule is Cc1cccc(CC(Cl)c2ccoc2Br)c1. The van der Waals surface area contributed by atoms with E-state index in [-0.39, 0.29) is 5.38 Å². The smallest absolute Gasteiger partial charge is 0.173 e. The minimum atomic E-state index is -0.0603. The summed E-state index contributed by atoms with van der Waals surface area (Å²) in [6.07, 6.45) is 2.45. The van der Waals surface area contributed by atoms with Crippen LogP contribution in [0.2, 0.25) is 0 Å². The predicted octanol–water partition coefficient (Wildman–Crippen LogP) is 4.87. The highest BCUT2D eigenvalue weighted by Crippen LogP contribution is 2.31. The van der Waals surface area contributed by atoms with E-state index in [1.165, 1.54) is 11.1 Å². The van der Waals surface area contributed by atoms with Crippen molar-refractivity contribution in [1.29, 1.82) is 0 Å². The molecule has 0 bridgehead atoms. The van der Waals surface area contributed by atoms with Crippen LogP contribution in [0.3, 0.4) is 0 Å². The van der Waals surface area contributed by atoms with E-state index in [0.29, 0.717) is 0 Å². The standard InChI is InChI=1S/C13H12BrClO/c1-9-3-2-4-10(7-9)8-12(15)11-5-6-16-13(11)14/h2-7,12H,8H2,1H3. The summed E-state index contributed by atoms with van der Waals surface area (Å²) in [7, 11) is 0. The van der Waals surface area contributed by atoms with Crippen molar-refractivity contribution in [2.45, 2.75) is 18.7 Å². The first-order valence-corrected chi connectivity index (χ1v) is 6.32. The van der Waals surface area contributed by atoms with Crippen LogP contribution in [0.25, 0.3) is 0 Å². The van der Waals surface area contributed by atoms with E-state index in [0.717, 1.165) is 16.7 Å². The third kappa shape index (κ3) is 2.69. The summed E-state index contributed by atoms with van der Waals surface area (Å²) >= 11 is 9.69. The lowest BCUT2D eigenvalue weighted by Crippen LogP contribution is -1.95. The van der Waals surface area contributed by atoms with Crippen molar-refractivity contribution in [1.82, 2.24) is 0 Å². The Morgan fingerprint density at radius 1 is 1.38 bits per heavy atom. The Hall–Kier alpha value is -0.730. The predicted molar refractivity (Wildman–Crippen MR) is 69.9 cm³/mol. The van der Waals surface area contributed by atoms with E-state index in [1.807, 2.05) is 6.07 Å². The summed E-state index contributed by atoms with van der Waals surface area (Å²) in [5.41, 5.74) is 3.50. The molecule has 3 heteroatoms. The number of halogens is 2. The molecular weight excluding hydrogens is 287 g/mol. The maximum absolute atomic E-state index is 6.35. The van der Waals surface area contributed by atoms with Crippen LogP contribution in [0, 0.1) is 6.92 Å². The van der Waals surface area contributed by atoms with E-state index >= 15 is 0 Å². The summed E-state index contributed by atoms with van der Waals surface area (Å²) in [5.74, 6) is 0. The number of aryl methyl sites for hydroxylation is 1. The lowest BCUT2D eigenvalue weighted by molar-refractivity contribution is 0.536. The molecule has 16 heavy (non-hydrogen) atoms. The molecule has 0 saturated heterocycles. The molecule has 0 radical (unpaired) electrons. The number of alkyl halides is 1. The Morgan fingerprint density at radius 2 is 2.19 bits per heavy atom. The van der Waals surface area contributed by atoms with Gasteiger partial charge in [0.05, 0.1) is 11.6 Å². The average Bonchev–Trinajstić information content (AvgIpc) is 2.64. The molecule has 0 fully saturated rings. The van der Waals surface area contributed by atoms with Crippen LogP contribution in [0.15, 0.2) is 45.7 Å². The topological polar surface area (TPSA) is 13.1 Å². The maximum Gasteiger partial charge on any atom is 0.173 e. The number of benzene rings is 1. The lowest BCUT2D eigenvalue weighted by atomic mass is 10.0. The van der Waals surface area contributed by atoms with Gasteiger partial charge in [-0.3, -0.25) is 0 Å². The number of furan rings is 1. The molecular formula is C13H12BrClO. The second kappa shape index (κ2) is 5.07. The quantitative estimate of drug-likeness (QED) is 0.737. The second-order valence-corrected chi connectivity index (χ2v) is 5.06. The molecule has 1 aromatic carbocycles. The van der Waals surface area contributed by atoms with E-state index < -0.39 is 0 Å². The molecule has 0 N–H and O–H groups in total. The van der Waals surface area contributed by atoms with Gasteiger partial charge in [0.2, 0.25) is 0 Å². The zero-order valence-electron chi connectivity index (χ0n) is 8.91. The van der Waals surface area contributed by atoms with E-state index in [4.69, 9.17) is 16.0 Å².